The molecule has 0 saturated carbocycles. The summed E-state index contributed by atoms with van der Waals surface area (Å²) in [5.41, 5.74) is 0.970. The zero-order valence-electron chi connectivity index (χ0n) is 13.7. The highest BCUT2D eigenvalue weighted by atomic mass is 16.2. The molecule has 112 valence electrons. The summed E-state index contributed by atoms with van der Waals surface area (Å²) in [6, 6.07) is 9.39. The van der Waals surface area contributed by atoms with Crippen LogP contribution < -0.4 is 0 Å². The van der Waals surface area contributed by atoms with E-state index in [0.29, 0.717) is 0 Å². The molecule has 0 aliphatic carbocycles. The van der Waals surface area contributed by atoms with Gasteiger partial charge in [-0.3, -0.25) is 9.80 Å². The van der Waals surface area contributed by atoms with Crippen LogP contribution >= 0.6 is 0 Å². The molecule has 4 nitrogen and oxygen atoms in total. The van der Waals surface area contributed by atoms with E-state index in [9.17, 15) is 4.79 Å². The first-order chi connectivity index (χ1) is 9.61. The van der Waals surface area contributed by atoms with Gasteiger partial charge in [0.2, 0.25) is 0 Å². The Labute approximate surface area is 123 Å². The fourth-order valence-electron chi connectivity index (χ4n) is 1.85. The zero-order valence-corrected chi connectivity index (χ0v) is 13.7. The van der Waals surface area contributed by atoms with E-state index in [2.05, 4.69) is 5.10 Å². The number of rotatable bonds is 1. The first kappa shape index (κ1) is 18.2. The summed E-state index contributed by atoms with van der Waals surface area (Å²) in [7, 11) is 3.58. The van der Waals surface area contributed by atoms with Crippen molar-refractivity contribution >= 4 is 11.7 Å². The second kappa shape index (κ2) is 9.13. The molecular weight excluding hydrogens is 250 g/mol. The van der Waals surface area contributed by atoms with Gasteiger partial charge in [0.1, 0.15) is 5.84 Å². The smallest absolute Gasteiger partial charge is 0.256 e. The monoisotopic (exact) mass is 277 g/mol. The van der Waals surface area contributed by atoms with Gasteiger partial charge >= 0.3 is 0 Å². The number of hydrogen-bond acceptors (Lipinski definition) is 3. The summed E-state index contributed by atoms with van der Waals surface area (Å²) in [4.78, 5) is 13.7. The third-order valence-electron chi connectivity index (χ3n) is 2.84. The van der Waals surface area contributed by atoms with Crippen LogP contribution in [0.5, 0.6) is 0 Å². The molecule has 1 atom stereocenters. The van der Waals surface area contributed by atoms with Gasteiger partial charge in [0.05, 0.1) is 0 Å². The van der Waals surface area contributed by atoms with Crippen LogP contribution in [0.4, 0.5) is 0 Å². The van der Waals surface area contributed by atoms with Gasteiger partial charge in [-0.05, 0) is 12.5 Å². The average Bonchev–Trinajstić information content (AvgIpc) is 2.50. The van der Waals surface area contributed by atoms with Crippen LogP contribution in [0.15, 0.2) is 35.4 Å². The van der Waals surface area contributed by atoms with Gasteiger partial charge in [-0.1, -0.05) is 58.0 Å². The number of nitrogens with zero attached hydrogens (tertiary/aromatic N) is 3. The van der Waals surface area contributed by atoms with E-state index in [1.807, 2.05) is 72.0 Å². The second-order valence-corrected chi connectivity index (χ2v) is 3.93. The lowest BCUT2D eigenvalue weighted by molar-refractivity contribution is -0.133. The number of carbonyl (C=O) groups is 1. The number of hydrogen-bond donors (Lipinski definition) is 0. The Morgan fingerprint density at radius 3 is 2.00 bits per heavy atom. The molecule has 1 heterocycles. The summed E-state index contributed by atoms with van der Waals surface area (Å²) in [6.07, 6.45) is 0. The lowest BCUT2D eigenvalue weighted by atomic mass is 10.0. The van der Waals surface area contributed by atoms with Gasteiger partial charge in [0.25, 0.3) is 5.91 Å². The SMILES string of the molecule is CC.CC.CC1=NN(C)C(c2ccccc2)C(=O)N1C. The van der Waals surface area contributed by atoms with Crippen LogP contribution in [0.3, 0.4) is 0 Å². The third kappa shape index (κ3) is 4.08. The largest absolute Gasteiger partial charge is 0.300 e. The lowest BCUT2D eigenvalue weighted by Gasteiger charge is -2.34. The van der Waals surface area contributed by atoms with Crippen molar-refractivity contribution in [1.29, 1.82) is 0 Å². The normalized spacial score (nSPS) is 17.4. The molecule has 1 aliphatic rings. The molecule has 0 aromatic heterocycles. The minimum absolute atomic E-state index is 0.0567. The molecule has 0 spiro atoms. The van der Waals surface area contributed by atoms with Gasteiger partial charge in [0.15, 0.2) is 6.04 Å². The Kier molecular flexibility index (Phi) is 8.29. The number of carbonyl (C=O) groups excluding carboxylic acids is 1. The predicted octanol–water partition coefficient (Wildman–Crippen LogP) is 3.52. The summed E-state index contributed by atoms with van der Waals surface area (Å²) < 4.78 is 0. The molecule has 0 N–H and O–H groups in total. The summed E-state index contributed by atoms with van der Waals surface area (Å²) in [5, 5.41) is 6.04. The second-order valence-electron chi connectivity index (χ2n) is 3.93. The first-order valence-corrected chi connectivity index (χ1v) is 7.22. The Morgan fingerprint density at radius 1 is 1.00 bits per heavy atom. The summed E-state index contributed by atoms with van der Waals surface area (Å²) in [6.45, 7) is 9.83. The van der Waals surface area contributed by atoms with Crippen molar-refractivity contribution in [3.63, 3.8) is 0 Å². The van der Waals surface area contributed by atoms with E-state index in [1.165, 1.54) is 0 Å². The average molecular weight is 277 g/mol. The number of hydrazone groups is 1. The summed E-state index contributed by atoms with van der Waals surface area (Å²) >= 11 is 0. The maximum absolute atomic E-state index is 12.2. The van der Waals surface area contributed by atoms with Crippen molar-refractivity contribution in [3.05, 3.63) is 35.9 Å². The molecular formula is C16H27N3O. The molecule has 0 bridgehead atoms. The third-order valence-corrected chi connectivity index (χ3v) is 2.84. The van der Waals surface area contributed by atoms with Crippen LogP contribution in [-0.4, -0.2) is 35.7 Å². The Bertz CT molecular complexity index is 429. The maximum Gasteiger partial charge on any atom is 0.256 e. The predicted molar refractivity (Wildman–Crippen MR) is 85.5 cm³/mol. The first-order valence-electron chi connectivity index (χ1n) is 7.22. The molecule has 4 heteroatoms. The van der Waals surface area contributed by atoms with Crippen LogP contribution in [0.2, 0.25) is 0 Å². The maximum atomic E-state index is 12.2. The quantitative estimate of drug-likeness (QED) is 0.787. The molecule has 1 aromatic rings. The van der Waals surface area contributed by atoms with Crippen LogP contribution in [0, 0.1) is 0 Å². The number of amides is 1. The van der Waals surface area contributed by atoms with E-state index in [4.69, 9.17) is 0 Å². The van der Waals surface area contributed by atoms with E-state index in [0.717, 1.165) is 11.4 Å². The molecule has 20 heavy (non-hydrogen) atoms. The minimum atomic E-state index is -0.310. The molecule has 0 radical (unpaired) electrons. The van der Waals surface area contributed by atoms with Crippen LogP contribution in [-0.2, 0) is 4.79 Å². The number of amidine groups is 1. The van der Waals surface area contributed by atoms with Crippen molar-refractivity contribution in [2.45, 2.75) is 40.7 Å². The molecule has 1 aliphatic heterocycles. The van der Waals surface area contributed by atoms with E-state index in [-0.39, 0.29) is 11.9 Å². The highest BCUT2D eigenvalue weighted by Gasteiger charge is 2.32. The molecule has 2 rings (SSSR count). The molecule has 1 unspecified atom stereocenters. The highest BCUT2D eigenvalue weighted by molar-refractivity contribution is 6.00. The molecule has 1 aromatic carbocycles. The number of likely N-dealkylation sites (N-methyl/N-ethyl adjacent to an activating group) is 2. The van der Waals surface area contributed by atoms with Gasteiger partial charge in [-0.2, -0.15) is 5.10 Å². The standard InChI is InChI=1S/C12H15N3O.2C2H6/c1-9-13-15(3)11(12(16)14(9)2)10-7-5-4-6-8-10;2*1-2/h4-8,11H,1-3H3;2*1-2H3. The van der Waals surface area contributed by atoms with Crippen molar-refractivity contribution in [3.8, 4) is 0 Å². The van der Waals surface area contributed by atoms with Crippen molar-refractivity contribution in [2.75, 3.05) is 14.1 Å². The van der Waals surface area contributed by atoms with Crippen LogP contribution in [0.25, 0.3) is 0 Å². The van der Waals surface area contributed by atoms with Gasteiger partial charge < -0.3 is 4.90 Å². The van der Waals surface area contributed by atoms with Crippen LogP contribution in [0.1, 0.15) is 46.2 Å². The van der Waals surface area contributed by atoms with Crippen molar-refractivity contribution in [1.82, 2.24) is 9.91 Å². The Morgan fingerprint density at radius 2 is 1.50 bits per heavy atom. The van der Waals surface area contributed by atoms with E-state index >= 15 is 0 Å². The highest BCUT2D eigenvalue weighted by Crippen LogP contribution is 2.25. The lowest BCUT2D eigenvalue weighted by Crippen LogP contribution is -2.45. The van der Waals surface area contributed by atoms with E-state index < -0.39 is 0 Å². The Hall–Kier alpha value is -1.84. The fraction of sp³-hybridized carbons (Fsp3) is 0.500. The van der Waals surface area contributed by atoms with E-state index in [1.54, 1.807) is 17.0 Å². The van der Waals surface area contributed by atoms with Crippen molar-refractivity contribution < 1.29 is 4.79 Å². The van der Waals surface area contributed by atoms with Crippen molar-refractivity contribution in [2.24, 2.45) is 5.10 Å². The topological polar surface area (TPSA) is 35.9 Å². The van der Waals surface area contributed by atoms with Gasteiger partial charge in [-0.15, -0.1) is 0 Å². The molecule has 0 fully saturated rings. The Balaban J connectivity index is 0.000000829. The summed E-state index contributed by atoms with van der Waals surface area (Å²) in [5.74, 6) is 0.779. The minimum Gasteiger partial charge on any atom is -0.300 e. The fourth-order valence-corrected chi connectivity index (χ4v) is 1.85. The molecule has 1 amide bonds. The molecule has 0 saturated heterocycles. The number of benzene rings is 1. The van der Waals surface area contributed by atoms with Gasteiger partial charge in [-0.25, -0.2) is 0 Å². The zero-order chi connectivity index (χ0) is 15.7. The van der Waals surface area contributed by atoms with Gasteiger partial charge in [0, 0.05) is 14.1 Å².